The van der Waals surface area contributed by atoms with E-state index in [4.69, 9.17) is 9.97 Å². The van der Waals surface area contributed by atoms with Crippen molar-refractivity contribution in [3.05, 3.63) is 107 Å². The summed E-state index contributed by atoms with van der Waals surface area (Å²) in [6.07, 6.45) is 16.3. The summed E-state index contributed by atoms with van der Waals surface area (Å²) in [5.41, 5.74) is 21.9. The minimum Gasteiger partial charge on any atom is -0.310 e. The predicted octanol–water partition coefficient (Wildman–Crippen LogP) is 14.2. The first-order valence-electron chi connectivity index (χ1n) is 25.9. The van der Waals surface area contributed by atoms with Crippen molar-refractivity contribution < 1.29 is 0 Å². The molecule has 342 valence electrons. The Balaban J connectivity index is 1.32. The largest absolute Gasteiger partial charge is 0.310 e. The zero-order valence-corrected chi connectivity index (χ0v) is 42.5. The first-order valence-corrected chi connectivity index (χ1v) is 25.9. The fourth-order valence-electron chi connectivity index (χ4n) is 13.4. The summed E-state index contributed by atoms with van der Waals surface area (Å²) in [4.78, 5) is 14.1. The second kappa shape index (κ2) is 14.6. The third kappa shape index (κ3) is 6.42. The molecule has 5 nitrogen and oxygen atoms in total. The van der Waals surface area contributed by atoms with E-state index in [9.17, 15) is 0 Å². The molecule has 0 saturated heterocycles. The van der Waals surface area contributed by atoms with Crippen LogP contribution >= 0.6 is 0 Å². The zero-order valence-electron chi connectivity index (χ0n) is 42.5. The number of hydrogen-bond donors (Lipinski definition) is 0. The van der Waals surface area contributed by atoms with Gasteiger partial charge in [-0.15, -0.1) is 0 Å². The van der Waals surface area contributed by atoms with Gasteiger partial charge in [-0.3, -0.25) is 0 Å². The van der Waals surface area contributed by atoms with E-state index in [-0.39, 0.29) is 28.4 Å². The Bertz CT molecular complexity index is 3140. The van der Waals surface area contributed by atoms with E-state index in [2.05, 4.69) is 158 Å². The Hall–Kier alpha value is -5.23. The molecular weight excluding hydrogens is 814 g/mol. The van der Waals surface area contributed by atoms with Crippen LogP contribution in [-0.4, -0.2) is 30.8 Å². The van der Waals surface area contributed by atoms with Crippen molar-refractivity contribution >= 4 is 66.7 Å². The molecule has 5 heterocycles. The zero-order chi connectivity index (χ0) is 46.7. The van der Waals surface area contributed by atoms with Gasteiger partial charge in [-0.2, -0.15) is 0 Å². The minimum absolute atomic E-state index is 0.0382. The lowest BCUT2D eigenvalue weighted by Gasteiger charge is -2.35. The standard InChI is InChI=1S/C61H70BN5/c1-58(2,3)38-29-42(60(7,8)9)52-46(31-38)66-48-27-37(57-64-33-63-34-65-57)28-49-54(48)62(44-25-23-40(50(52)55(44)66)35-19-15-13-16-20-35)45-26-24-41(36-21-17-14-18-22-36)51-53-43(61(10,11)12)30-39(59(4,5)6)32-47(53)67(49)56(45)51/h23-36H,13-22H2,1-12H3. The Labute approximate surface area is 399 Å². The fourth-order valence-corrected chi connectivity index (χ4v) is 13.4. The molecule has 2 aliphatic carbocycles. The first kappa shape index (κ1) is 43.1. The molecule has 67 heavy (non-hydrogen) atoms. The van der Waals surface area contributed by atoms with Crippen LogP contribution in [0.2, 0.25) is 0 Å². The van der Waals surface area contributed by atoms with Crippen LogP contribution < -0.4 is 16.4 Å². The molecule has 2 fully saturated rings. The highest BCUT2D eigenvalue weighted by molar-refractivity contribution is 7.00. The van der Waals surface area contributed by atoms with Crippen molar-refractivity contribution in [2.24, 2.45) is 0 Å². The smallest absolute Gasteiger partial charge is 0.252 e. The van der Waals surface area contributed by atoms with Crippen molar-refractivity contribution in [1.82, 2.24) is 24.1 Å². The monoisotopic (exact) mass is 884 g/mol. The van der Waals surface area contributed by atoms with Gasteiger partial charge < -0.3 is 9.13 Å². The maximum absolute atomic E-state index is 4.89. The van der Waals surface area contributed by atoms with Crippen LogP contribution in [0, 0.1) is 0 Å². The summed E-state index contributed by atoms with van der Waals surface area (Å²) in [5.74, 6) is 1.81. The molecule has 0 unspecified atom stereocenters. The molecule has 2 aliphatic heterocycles. The Morgan fingerprint density at radius 1 is 0.478 bits per heavy atom. The van der Waals surface area contributed by atoms with Crippen LogP contribution in [0.25, 0.3) is 66.4 Å². The van der Waals surface area contributed by atoms with Gasteiger partial charge in [-0.05, 0) is 133 Å². The molecule has 2 saturated carbocycles. The molecule has 6 heteroatoms. The lowest BCUT2D eigenvalue weighted by Crippen LogP contribution is -2.59. The van der Waals surface area contributed by atoms with Crippen molar-refractivity contribution in [3.8, 4) is 22.8 Å². The van der Waals surface area contributed by atoms with E-state index in [1.54, 1.807) is 23.8 Å². The summed E-state index contributed by atoms with van der Waals surface area (Å²) in [6, 6.07) is 25.6. The number of rotatable bonds is 3. The molecular formula is C61H70BN5. The molecule has 4 aliphatic rings. The molecule has 12 rings (SSSR count). The predicted molar refractivity (Wildman–Crippen MR) is 285 cm³/mol. The molecule has 3 aromatic heterocycles. The highest BCUT2D eigenvalue weighted by atomic mass is 15.0. The fraction of sp³-hybridized carbons (Fsp3) is 0.459. The van der Waals surface area contributed by atoms with E-state index in [1.165, 1.54) is 158 Å². The van der Waals surface area contributed by atoms with Crippen LogP contribution in [-0.2, 0) is 21.7 Å². The Morgan fingerprint density at radius 2 is 0.896 bits per heavy atom. The molecule has 5 aromatic carbocycles. The second-order valence-electron chi connectivity index (χ2n) is 25.4. The number of benzene rings is 5. The van der Waals surface area contributed by atoms with Gasteiger partial charge in [0.2, 0.25) is 0 Å². The number of aromatic nitrogens is 5. The van der Waals surface area contributed by atoms with E-state index in [0.29, 0.717) is 17.7 Å². The van der Waals surface area contributed by atoms with Gasteiger partial charge in [0.15, 0.2) is 5.82 Å². The maximum Gasteiger partial charge on any atom is 0.252 e. The van der Waals surface area contributed by atoms with E-state index >= 15 is 0 Å². The molecule has 0 amide bonds. The Morgan fingerprint density at radius 3 is 1.28 bits per heavy atom. The van der Waals surface area contributed by atoms with Gasteiger partial charge in [-0.25, -0.2) is 15.0 Å². The second-order valence-corrected chi connectivity index (χ2v) is 25.4. The van der Waals surface area contributed by atoms with Gasteiger partial charge in [0, 0.05) is 49.5 Å². The number of nitrogens with zero attached hydrogens (tertiary/aromatic N) is 5. The third-order valence-electron chi connectivity index (χ3n) is 16.9. The molecule has 8 aromatic rings. The molecule has 0 bridgehead atoms. The summed E-state index contributed by atoms with van der Waals surface area (Å²) in [5, 5.41) is 5.88. The summed E-state index contributed by atoms with van der Waals surface area (Å²) < 4.78 is 5.48. The van der Waals surface area contributed by atoms with Gasteiger partial charge in [-0.1, -0.05) is 158 Å². The summed E-state index contributed by atoms with van der Waals surface area (Å²) >= 11 is 0. The van der Waals surface area contributed by atoms with Gasteiger partial charge >= 0.3 is 0 Å². The van der Waals surface area contributed by atoms with Crippen molar-refractivity contribution in [1.29, 1.82) is 0 Å². The summed E-state index contributed by atoms with van der Waals surface area (Å²) in [6.45, 7) is 29.0. The lowest BCUT2D eigenvalue weighted by molar-refractivity contribution is 0.445. The Kier molecular flexibility index (Phi) is 9.42. The third-order valence-corrected chi connectivity index (χ3v) is 16.9. The quantitative estimate of drug-likeness (QED) is 0.166. The average molecular weight is 884 g/mol. The van der Waals surface area contributed by atoms with Crippen LogP contribution in [0.1, 0.15) is 193 Å². The lowest BCUT2D eigenvalue weighted by atomic mass is 9.34. The SMILES string of the molecule is CC(C)(C)c1cc(C(C)(C)C)c2c3c(C4CCCCC4)ccc4c3n(c2c1)-c1cc(-c2ncncn2)cc2c1B4c1ccc(C3CCCCC3)c3c4c(C(C)(C)C)cc(C(C)(C)C)cc4n-2c13. The van der Waals surface area contributed by atoms with Crippen molar-refractivity contribution in [2.75, 3.05) is 0 Å². The number of hydrogen-bond acceptors (Lipinski definition) is 3. The molecule has 0 radical (unpaired) electrons. The highest BCUT2D eigenvalue weighted by Crippen LogP contribution is 2.50. The average Bonchev–Trinajstić information content (AvgIpc) is 3.83. The van der Waals surface area contributed by atoms with Gasteiger partial charge in [0.05, 0.1) is 11.0 Å². The van der Waals surface area contributed by atoms with Crippen LogP contribution in [0.15, 0.2) is 73.3 Å². The van der Waals surface area contributed by atoms with E-state index in [1.807, 2.05) is 0 Å². The van der Waals surface area contributed by atoms with Crippen LogP contribution in [0.5, 0.6) is 0 Å². The normalized spacial score (nSPS) is 17.1. The van der Waals surface area contributed by atoms with Crippen molar-refractivity contribution in [2.45, 2.75) is 181 Å². The summed E-state index contributed by atoms with van der Waals surface area (Å²) in [7, 11) is 0. The van der Waals surface area contributed by atoms with Gasteiger partial charge in [0.1, 0.15) is 12.7 Å². The van der Waals surface area contributed by atoms with Crippen LogP contribution in [0.3, 0.4) is 0 Å². The highest BCUT2D eigenvalue weighted by Gasteiger charge is 2.44. The van der Waals surface area contributed by atoms with Gasteiger partial charge in [0.25, 0.3) is 6.71 Å². The molecule has 0 atom stereocenters. The van der Waals surface area contributed by atoms with Crippen LogP contribution in [0.4, 0.5) is 0 Å². The topological polar surface area (TPSA) is 48.5 Å². The first-order chi connectivity index (χ1) is 31.8. The maximum atomic E-state index is 4.89. The molecule has 0 spiro atoms. The van der Waals surface area contributed by atoms with Crippen molar-refractivity contribution in [3.63, 3.8) is 0 Å². The van der Waals surface area contributed by atoms with E-state index < -0.39 is 0 Å². The minimum atomic E-state index is -0.0749. The van der Waals surface area contributed by atoms with E-state index in [0.717, 1.165) is 5.56 Å². The number of fused-ring (bicyclic) bond motifs is 10. The molecule has 0 N–H and O–H groups in total.